The number of carboxylic acid groups (broad SMARTS) is 1. The van der Waals surface area contributed by atoms with Crippen LogP contribution in [-0.4, -0.2) is 28.4 Å². The van der Waals surface area contributed by atoms with Crippen LogP contribution < -0.4 is 15.5 Å². The number of carboxylic acids is 1. The van der Waals surface area contributed by atoms with Crippen molar-refractivity contribution >= 4 is 22.6 Å². The van der Waals surface area contributed by atoms with Gasteiger partial charge in [-0.15, -0.1) is 10.2 Å². The summed E-state index contributed by atoms with van der Waals surface area (Å²) in [5.74, 6) is 0.0329. The van der Waals surface area contributed by atoms with Crippen molar-refractivity contribution in [3.8, 4) is 28.9 Å². The highest BCUT2D eigenvalue weighted by Crippen LogP contribution is 2.32. The van der Waals surface area contributed by atoms with Crippen molar-refractivity contribution < 1.29 is 23.5 Å². The maximum atomic E-state index is 13.1. The normalized spacial score (nSPS) is 11.9. The van der Waals surface area contributed by atoms with Gasteiger partial charge >= 0.3 is 5.97 Å². The molecule has 1 atom stereocenters. The van der Waals surface area contributed by atoms with Gasteiger partial charge in [0, 0.05) is 22.9 Å². The molecule has 3 aromatic carbocycles. The van der Waals surface area contributed by atoms with E-state index >= 15 is 0 Å². The quantitative estimate of drug-likeness (QED) is 0.291. The Bertz CT molecular complexity index is 1690. The van der Waals surface area contributed by atoms with Gasteiger partial charge in [0.05, 0.1) is 24.1 Å². The number of anilines is 1. The Morgan fingerprint density at radius 1 is 1.00 bits per heavy atom. The van der Waals surface area contributed by atoms with Crippen LogP contribution in [0.25, 0.3) is 34.1 Å². The molecule has 0 fully saturated rings. The van der Waals surface area contributed by atoms with E-state index in [2.05, 4.69) is 15.5 Å². The molecule has 186 valence electrons. The molecule has 0 bridgehead atoms. The molecule has 0 saturated heterocycles. The monoisotopic (exact) mass is 497 g/mol. The number of rotatable bonds is 7. The number of hydrogen-bond acceptors (Lipinski definition) is 8. The summed E-state index contributed by atoms with van der Waals surface area (Å²) in [7, 11) is 1.57. The molecule has 9 heteroatoms. The van der Waals surface area contributed by atoms with Crippen LogP contribution in [0.4, 0.5) is 5.69 Å². The van der Waals surface area contributed by atoms with Crippen LogP contribution in [0.5, 0.6) is 5.75 Å². The van der Waals surface area contributed by atoms with E-state index in [0.717, 1.165) is 5.56 Å². The van der Waals surface area contributed by atoms with Gasteiger partial charge in [-0.05, 0) is 55.8 Å². The zero-order chi connectivity index (χ0) is 26.1. The highest BCUT2D eigenvalue weighted by molar-refractivity contribution is 5.94. The highest BCUT2D eigenvalue weighted by atomic mass is 16.5. The van der Waals surface area contributed by atoms with Crippen molar-refractivity contribution in [1.82, 2.24) is 10.2 Å². The van der Waals surface area contributed by atoms with E-state index < -0.39 is 12.0 Å². The Balaban J connectivity index is 1.57. The van der Waals surface area contributed by atoms with Crippen LogP contribution in [0.2, 0.25) is 0 Å². The predicted octanol–water partition coefficient (Wildman–Crippen LogP) is 5.70. The Labute approximate surface area is 211 Å². The Kier molecular flexibility index (Phi) is 6.19. The van der Waals surface area contributed by atoms with E-state index in [1.807, 2.05) is 19.9 Å². The van der Waals surface area contributed by atoms with Gasteiger partial charge in [0.2, 0.25) is 5.89 Å². The third kappa shape index (κ3) is 4.66. The van der Waals surface area contributed by atoms with E-state index in [0.29, 0.717) is 33.5 Å². The number of para-hydroxylation sites is 1. The summed E-state index contributed by atoms with van der Waals surface area (Å²) in [4.78, 5) is 24.8. The first-order valence-corrected chi connectivity index (χ1v) is 11.5. The third-order valence-electron chi connectivity index (χ3n) is 5.95. The van der Waals surface area contributed by atoms with Crippen molar-refractivity contribution in [3.05, 3.63) is 93.6 Å². The summed E-state index contributed by atoms with van der Waals surface area (Å²) in [6.07, 6.45) is 0. The molecule has 0 saturated carbocycles. The first kappa shape index (κ1) is 23.8. The van der Waals surface area contributed by atoms with Crippen molar-refractivity contribution in [2.75, 3.05) is 12.4 Å². The number of aromatic carboxylic acids is 1. The van der Waals surface area contributed by atoms with E-state index in [4.69, 9.17) is 13.6 Å². The van der Waals surface area contributed by atoms with Crippen LogP contribution in [0, 0.1) is 6.92 Å². The van der Waals surface area contributed by atoms with Crippen LogP contribution in [0.3, 0.4) is 0 Å². The summed E-state index contributed by atoms with van der Waals surface area (Å²) in [5, 5.41) is 21.4. The second-order valence-electron chi connectivity index (χ2n) is 8.57. The SMILES string of the molecule is COc1cccc(-c2nnc(-c3cc(=O)c4cc(C)cc([C@@H](C)Nc5ccccc5C(=O)O)c4o3)o2)c1. The van der Waals surface area contributed by atoms with E-state index in [1.54, 1.807) is 55.6 Å². The van der Waals surface area contributed by atoms with Gasteiger partial charge in [-0.3, -0.25) is 4.79 Å². The lowest BCUT2D eigenvalue weighted by atomic mass is 10.0. The van der Waals surface area contributed by atoms with Gasteiger partial charge in [0.15, 0.2) is 11.2 Å². The fraction of sp³-hybridized carbons (Fsp3) is 0.143. The molecule has 2 N–H and O–H groups in total. The van der Waals surface area contributed by atoms with Gasteiger partial charge in [0.25, 0.3) is 5.89 Å². The molecule has 0 aliphatic heterocycles. The minimum Gasteiger partial charge on any atom is -0.497 e. The molecule has 0 radical (unpaired) electrons. The molecule has 5 rings (SSSR count). The standard InChI is InChI=1S/C28H23N3O6/c1-15-11-20(16(2)29-22-10-5-4-9-19(22)28(33)34)25-21(12-15)23(32)14-24(36-25)27-31-30-26(37-27)17-7-6-8-18(13-17)35-3/h4-14,16,29H,1-3H3,(H,33,34)/t16-/m1/s1. The molecule has 2 aromatic heterocycles. The average molecular weight is 498 g/mol. The van der Waals surface area contributed by atoms with E-state index in [9.17, 15) is 14.7 Å². The van der Waals surface area contributed by atoms with Crippen molar-refractivity contribution in [2.45, 2.75) is 19.9 Å². The van der Waals surface area contributed by atoms with Gasteiger partial charge < -0.3 is 24.0 Å². The first-order valence-electron chi connectivity index (χ1n) is 11.5. The molecule has 0 amide bonds. The fourth-order valence-corrected chi connectivity index (χ4v) is 4.16. The smallest absolute Gasteiger partial charge is 0.337 e. The Hall–Kier alpha value is -4.92. The number of carbonyl (C=O) groups is 1. The number of aromatic nitrogens is 2. The van der Waals surface area contributed by atoms with Crippen LogP contribution in [0.15, 0.2) is 80.4 Å². The minimum absolute atomic E-state index is 0.0557. The molecule has 37 heavy (non-hydrogen) atoms. The fourth-order valence-electron chi connectivity index (χ4n) is 4.16. The van der Waals surface area contributed by atoms with Gasteiger partial charge in [-0.1, -0.05) is 24.3 Å². The lowest BCUT2D eigenvalue weighted by molar-refractivity contribution is 0.0698. The third-order valence-corrected chi connectivity index (χ3v) is 5.95. The summed E-state index contributed by atoms with van der Waals surface area (Å²) in [6.45, 7) is 3.75. The largest absolute Gasteiger partial charge is 0.497 e. The van der Waals surface area contributed by atoms with Gasteiger partial charge in [-0.2, -0.15) is 0 Å². The van der Waals surface area contributed by atoms with Crippen LogP contribution in [-0.2, 0) is 0 Å². The topological polar surface area (TPSA) is 128 Å². The number of nitrogens with zero attached hydrogens (tertiary/aromatic N) is 2. The maximum absolute atomic E-state index is 13.1. The second-order valence-corrected chi connectivity index (χ2v) is 8.57. The van der Waals surface area contributed by atoms with Crippen LogP contribution >= 0.6 is 0 Å². The molecule has 5 aromatic rings. The number of aryl methyl sites for hydroxylation is 1. The summed E-state index contributed by atoms with van der Waals surface area (Å²) in [5.41, 5.74) is 2.89. The molecular formula is C28H23N3O6. The molecule has 0 unspecified atom stereocenters. The van der Waals surface area contributed by atoms with Gasteiger partial charge in [-0.25, -0.2) is 4.79 Å². The maximum Gasteiger partial charge on any atom is 0.337 e. The van der Waals surface area contributed by atoms with Crippen molar-refractivity contribution in [3.63, 3.8) is 0 Å². The number of methoxy groups -OCH3 is 1. The summed E-state index contributed by atoms with van der Waals surface area (Å²) in [6, 6.07) is 18.4. The van der Waals surface area contributed by atoms with Crippen molar-refractivity contribution in [1.29, 1.82) is 0 Å². The summed E-state index contributed by atoms with van der Waals surface area (Å²) < 4.78 is 17.2. The number of fused-ring (bicyclic) bond motifs is 1. The van der Waals surface area contributed by atoms with Gasteiger partial charge in [0.1, 0.15) is 11.3 Å². The second kappa shape index (κ2) is 9.62. The lowest BCUT2D eigenvalue weighted by Gasteiger charge is -2.19. The van der Waals surface area contributed by atoms with Crippen molar-refractivity contribution in [2.24, 2.45) is 0 Å². The first-order chi connectivity index (χ1) is 17.8. The molecular weight excluding hydrogens is 474 g/mol. The Morgan fingerprint density at radius 2 is 1.78 bits per heavy atom. The molecule has 2 heterocycles. The number of nitrogens with one attached hydrogen (secondary N) is 1. The summed E-state index contributed by atoms with van der Waals surface area (Å²) >= 11 is 0. The van der Waals surface area contributed by atoms with Crippen LogP contribution in [0.1, 0.15) is 34.5 Å². The lowest BCUT2D eigenvalue weighted by Crippen LogP contribution is -2.12. The minimum atomic E-state index is -1.04. The highest BCUT2D eigenvalue weighted by Gasteiger charge is 2.20. The zero-order valence-corrected chi connectivity index (χ0v) is 20.3. The van der Waals surface area contributed by atoms with E-state index in [1.165, 1.54) is 12.1 Å². The number of ether oxygens (including phenoxy) is 1. The number of benzene rings is 3. The average Bonchev–Trinajstić information content (AvgIpc) is 3.39. The molecule has 9 nitrogen and oxygen atoms in total. The molecule has 0 spiro atoms. The number of hydrogen-bond donors (Lipinski definition) is 2. The zero-order valence-electron chi connectivity index (χ0n) is 20.3. The molecule has 0 aliphatic carbocycles. The Morgan fingerprint density at radius 3 is 2.57 bits per heavy atom. The predicted molar refractivity (Wildman–Crippen MR) is 138 cm³/mol. The van der Waals surface area contributed by atoms with E-state index in [-0.39, 0.29) is 28.5 Å². The molecule has 0 aliphatic rings.